The Morgan fingerprint density at radius 1 is 1.20 bits per heavy atom. The third kappa shape index (κ3) is 2.70. The third-order valence-electron chi connectivity index (χ3n) is 3.68. The Kier molecular flexibility index (Phi) is 3.61. The van der Waals surface area contributed by atoms with Crippen LogP contribution < -0.4 is 0 Å². The van der Waals surface area contributed by atoms with Crippen LogP contribution in [0.3, 0.4) is 0 Å². The number of aliphatic imine (C=N–C) groups is 1. The molecule has 84 valence electrons. The van der Waals surface area contributed by atoms with Crippen LogP contribution in [-0.2, 0) is 0 Å². The van der Waals surface area contributed by atoms with Crippen molar-refractivity contribution in [3.8, 4) is 0 Å². The van der Waals surface area contributed by atoms with Gasteiger partial charge in [-0.25, -0.2) is 0 Å². The number of hydrogen-bond acceptors (Lipinski definition) is 1. The van der Waals surface area contributed by atoms with E-state index in [4.69, 9.17) is 4.99 Å². The van der Waals surface area contributed by atoms with Crippen molar-refractivity contribution in [2.24, 2.45) is 16.8 Å². The van der Waals surface area contributed by atoms with Crippen molar-refractivity contribution in [1.82, 2.24) is 0 Å². The van der Waals surface area contributed by atoms with Crippen LogP contribution in [0.4, 0.5) is 0 Å². The molecule has 2 aliphatic rings. The highest BCUT2D eigenvalue weighted by Crippen LogP contribution is 2.29. The molecule has 1 fully saturated rings. The molecule has 1 unspecified atom stereocenters. The zero-order chi connectivity index (χ0) is 10.7. The van der Waals surface area contributed by atoms with E-state index in [0.29, 0.717) is 5.92 Å². The fraction of sp³-hybridized carbons (Fsp3) is 0.786. The lowest BCUT2D eigenvalue weighted by Crippen LogP contribution is -2.20. The van der Waals surface area contributed by atoms with Gasteiger partial charge in [0.15, 0.2) is 0 Å². The van der Waals surface area contributed by atoms with E-state index < -0.39 is 0 Å². The molecular formula is C14H23N. The average Bonchev–Trinajstić information content (AvgIpc) is 2.18. The lowest BCUT2D eigenvalue weighted by Gasteiger charge is -2.26. The lowest BCUT2D eigenvalue weighted by atomic mass is 9.84. The number of fused-ring (bicyclic) bond motifs is 1. The fourth-order valence-corrected chi connectivity index (χ4v) is 2.66. The third-order valence-corrected chi connectivity index (χ3v) is 3.68. The lowest BCUT2D eigenvalue weighted by molar-refractivity contribution is 0.510. The van der Waals surface area contributed by atoms with E-state index >= 15 is 0 Å². The minimum Gasteiger partial charge on any atom is -0.262 e. The second-order valence-corrected chi connectivity index (χ2v) is 5.27. The van der Waals surface area contributed by atoms with Crippen LogP contribution in [-0.4, -0.2) is 5.71 Å². The standard InChI is InChI=1S/C14H23N/c1-11(2)13-10-9-12-7-5-3-4-6-8-14(12)15-13/h10-12H,3-9H2,1-2H3. The molecule has 1 nitrogen and oxygen atoms in total. The second kappa shape index (κ2) is 4.96. The molecule has 0 N–H and O–H groups in total. The maximum absolute atomic E-state index is 4.88. The van der Waals surface area contributed by atoms with Crippen molar-refractivity contribution < 1.29 is 0 Å². The van der Waals surface area contributed by atoms with Crippen molar-refractivity contribution in [2.75, 3.05) is 0 Å². The zero-order valence-corrected chi connectivity index (χ0v) is 10.1. The summed E-state index contributed by atoms with van der Waals surface area (Å²) in [5, 5.41) is 0. The number of allylic oxidation sites excluding steroid dienone is 2. The molecule has 1 saturated carbocycles. The van der Waals surface area contributed by atoms with E-state index in [1.54, 1.807) is 0 Å². The largest absolute Gasteiger partial charge is 0.262 e. The Morgan fingerprint density at radius 2 is 2.00 bits per heavy atom. The summed E-state index contributed by atoms with van der Waals surface area (Å²) in [6.07, 6.45) is 11.9. The van der Waals surface area contributed by atoms with E-state index in [-0.39, 0.29) is 0 Å². The molecule has 1 heteroatoms. The molecule has 1 heterocycles. The van der Waals surface area contributed by atoms with Gasteiger partial charge < -0.3 is 0 Å². The average molecular weight is 205 g/mol. The highest BCUT2D eigenvalue weighted by atomic mass is 14.8. The zero-order valence-electron chi connectivity index (χ0n) is 10.1. The van der Waals surface area contributed by atoms with Crippen LogP contribution in [0, 0.1) is 11.8 Å². The van der Waals surface area contributed by atoms with Gasteiger partial charge in [-0.05, 0) is 31.6 Å². The summed E-state index contributed by atoms with van der Waals surface area (Å²) in [5.41, 5.74) is 2.85. The molecule has 1 aliphatic carbocycles. The molecule has 0 radical (unpaired) electrons. The number of nitrogens with zero attached hydrogens (tertiary/aromatic N) is 1. The predicted octanol–water partition coefficient (Wildman–Crippen LogP) is 4.34. The smallest absolute Gasteiger partial charge is 0.0388 e. The van der Waals surface area contributed by atoms with Gasteiger partial charge in [-0.3, -0.25) is 4.99 Å². The van der Waals surface area contributed by atoms with Crippen LogP contribution in [0.2, 0.25) is 0 Å². The van der Waals surface area contributed by atoms with Crippen molar-refractivity contribution in [3.05, 3.63) is 11.8 Å². The highest BCUT2D eigenvalue weighted by molar-refractivity contribution is 5.88. The quantitative estimate of drug-likeness (QED) is 0.604. The first-order chi connectivity index (χ1) is 7.27. The summed E-state index contributed by atoms with van der Waals surface area (Å²) in [4.78, 5) is 4.88. The van der Waals surface area contributed by atoms with Crippen LogP contribution >= 0.6 is 0 Å². The molecule has 0 spiro atoms. The summed E-state index contributed by atoms with van der Waals surface area (Å²) >= 11 is 0. The summed E-state index contributed by atoms with van der Waals surface area (Å²) in [6, 6.07) is 0. The van der Waals surface area contributed by atoms with E-state index in [0.717, 1.165) is 5.92 Å². The van der Waals surface area contributed by atoms with Gasteiger partial charge in [0.25, 0.3) is 0 Å². The Bertz CT molecular complexity index is 273. The molecule has 0 aromatic carbocycles. The first-order valence-corrected chi connectivity index (χ1v) is 6.55. The molecule has 0 aromatic rings. The van der Waals surface area contributed by atoms with E-state index in [1.807, 2.05) is 0 Å². The van der Waals surface area contributed by atoms with Crippen LogP contribution in [0.15, 0.2) is 16.8 Å². The van der Waals surface area contributed by atoms with Crippen molar-refractivity contribution in [1.29, 1.82) is 0 Å². The van der Waals surface area contributed by atoms with Crippen LogP contribution in [0.1, 0.15) is 58.8 Å². The topological polar surface area (TPSA) is 12.4 Å². The normalized spacial score (nSPS) is 27.5. The Hall–Kier alpha value is -0.590. The van der Waals surface area contributed by atoms with Gasteiger partial charge in [0.05, 0.1) is 0 Å². The Morgan fingerprint density at radius 3 is 2.80 bits per heavy atom. The molecule has 15 heavy (non-hydrogen) atoms. The van der Waals surface area contributed by atoms with Crippen LogP contribution in [0.25, 0.3) is 0 Å². The molecule has 1 aliphatic heterocycles. The summed E-state index contributed by atoms with van der Waals surface area (Å²) in [7, 11) is 0. The summed E-state index contributed by atoms with van der Waals surface area (Å²) in [5.74, 6) is 1.39. The van der Waals surface area contributed by atoms with Gasteiger partial charge in [-0.1, -0.05) is 39.2 Å². The number of hydrogen-bond donors (Lipinski definition) is 0. The van der Waals surface area contributed by atoms with Gasteiger partial charge in [-0.15, -0.1) is 0 Å². The SMILES string of the molecule is CC(C)C1=CCC2CCCCCCC2=N1. The van der Waals surface area contributed by atoms with Crippen molar-refractivity contribution in [3.63, 3.8) is 0 Å². The molecule has 1 atom stereocenters. The van der Waals surface area contributed by atoms with Crippen molar-refractivity contribution in [2.45, 2.75) is 58.8 Å². The molecule has 0 saturated heterocycles. The summed E-state index contributed by atoms with van der Waals surface area (Å²) < 4.78 is 0. The number of rotatable bonds is 1. The molecule has 2 rings (SSSR count). The van der Waals surface area contributed by atoms with E-state index in [1.165, 1.54) is 56.4 Å². The monoisotopic (exact) mass is 205 g/mol. The van der Waals surface area contributed by atoms with Crippen LogP contribution in [0.5, 0.6) is 0 Å². The maximum atomic E-state index is 4.88. The van der Waals surface area contributed by atoms with Gasteiger partial charge in [-0.2, -0.15) is 0 Å². The molecule has 0 aromatic heterocycles. The molecule has 0 bridgehead atoms. The summed E-state index contributed by atoms with van der Waals surface area (Å²) in [6.45, 7) is 4.50. The Balaban J connectivity index is 2.09. The second-order valence-electron chi connectivity index (χ2n) is 5.27. The maximum Gasteiger partial charge on any atom is 0.0388 e. The Labute approximate surface area is 93.7 Å². The molecular weight excluding hydrogens is 182 g/mol. The van der Waals surface area contributed by atoms with E-state index in [9.17, 15) is 0 Å². The van der Waals surface area contributed by atoms with Gasteiger partial charge in [0, 0.05) is 17.3 Å². The molecule has 0 amide bonds. The minimum absolute atomic E-state index is 0.601. The van der Waals surface area contributed by atoms with E-state index in [2.05, 4.69) is 19.9 Å². The van der Waals surface area contributed by atoms with Gasteiger partial charge in [0.1, 0.15) is 0 Å². The van der Waals surface area contributed by atoms with Crippen molar-refractivity contribution >= 4 is 5.71 Å². The first-order valence-electron chi connectivity index (χ1n) is 6.55. The van der Waals surface area contributed by atoms with Gasteiger partial charge >= 0.3 is 0 Å². The minimum atomic E-state index is 0.601. The fourth-order valence-electron chi connectivity index (χ4n) is 2.66. The first kappa shape index (κ1) is 10.9. The van der Waals surface area contributed by atoms with Gasteiger partial charge in [0.2, 0.25) is 0 Å². The highest BCUT2D eigenvalue weighted by Gasteiger charge is 2.21. The predicted molar refractivity (Wildman–Crippen MR) is 66.2 cm³/mol.